The molecule has 1 N–H and O–H groups in total. The van der Waals surface area contributed by atoms with E-state index in [-0.39, 0.29) is 0 Å². The smallest absolute Gasteiger partial charge is 0.0207 e. The minimum Gasteiger partial charge on any atom is -0.317 e. The Bertz CT molecular complexity index is 256. The zero-order valence-corrected chi connectivity index (χ0v) is 9.76. The highest BCUT2D eigenvalue weighted by molar-refractivity contribution is 9.10. The highest BCUT2D eigenvalue weighted by atomic mass is 79.9. The monoisotopic (exact) mass is 241 g/mol. The van der Waals surface area contributed by atoms with E-state index in [4.69, 9.17) is 0 Å². The molecule has 1 nitrogen and oxygen atoms in total. The summed E-state index contributed by atoms with van der Waals surface area (Å²) in [6, 6.07) is 8.98. The molecule has 0 saturated carbocycles. The molecule has 0 aliphatic rings. The van der Waals surface area contributed by atoms with Gasteiger partial charge in [-0.1, -0.05) is 41.1 Å². The molecule has 0 heterocycles. The SMILES string of the molecule is CC[C@H](Cc1ccccc1Br)NC. The van der Waals surface area contributed by atoms with Crippen LogP contribution in [0.15, 0.2) is 28.7 Å². The molecule has 0 bridgehead atoms. The van der Waals surface area contributed by atoms with Crippen molar-refractivity contribution in [2.24, 2.45) is 0 Å². The largest absolute Gasteiger partial charge is 0.317 e. The van der Waals surface area contributed by atoms with E-state index in [1.807, 2.05) is 13.1 Å². The van der Waals surface area contributed by atoms with Crippen molar-refractivity contribution in [1.82, 2.24) is 5.32 Å². The van der Waals surface area contributed by atoms with Gasteiger partial charge in [-0.25, -0.2) is 0 Å². The van der Waals surface area contributed by atoms with E-state index in [9.17, 15) is 0 Å². The average molecular weight is 242 g/mol. The number of hydrogen-bond donors (Lipinski definition) is 1. The van der Waals surface area contributed by atoms with Crippen LogP contribution in [0.25, 0.3) is 0 Å². The average Bonchev–Trinajstić information content (AvgIpc) is 2.17. The van der Waals surface area contributed by atoms with Gasteiger partial charge in [0.15, 0.2) is 0 Å². The quantitative estimate of drug-likeness (QED) is 0.855. The van der Waals surface area contributed by atoms with E-state index in [1.165, 1.54) is 10.0 Å². The van der Waals surface area contributed by atoms with Crippen LogP contribution in [-0.4, -0.2) is 13.1 Å². The number of hydrogen-bond acceptors (Lipinski definition) is 1. The summed E-state index contributed by atoms with van der Waals surface area (Å²) < 4.78 is 1.21. The third kappa shape index (κ3) is 3.12. The molecule has 1 aromatic rings. The van der Waals surface area contributed by atoms with Gasteiger partial charge in [0, 0.05) is 10.5 Å². The van der Waals surface area contributed by atoms with E-state index in [2.05, 4.69) is 46.4 Å². The Labute approximate surface area is 88.7 Å². The van der Waals surface area contributed by atoms with Crippen molar-refractivity contribution in [2.45, 2.75) is 25.8 Å². The summed E-state index contributed by atoms with van der Waals surface area (Å²) in [6.07, 6.45) is 2.26. The van der Waals surface area contributed by atoms with Gasteiger partial charge in [0.2, 0.25) is 0 Å². The highest BCUT2D eigenvalue weighted by Crippen LogP contribution is 2.17. The van der Waals surface area contributed by atoms with E-state index < -0.39 is 0 Å². The first-order valence-corrected chi connectivity index (χ1v) is 5.48. The van der Waals surface area contributed by atoms with Gasteiger partial charge < -0.3 is 5.32 Å². The number of benzene rings is 1. The van der Waals surface area contributed by atoms with Crippen molar-refractivity contribution in [3.05, 3.63) is 34.3 Å². The van der Waals surface area contributed by atoms with Crippen LogP contribution in [-0.2, 0) is 6.42 Å². The molecule has 0 unspecified atom stereocenters. The molecule has 1 atom stereocenters. The minimum absolute atomic E-state index is 0.582. The summed E-state index contributed by atoms with van der Waals surface area (Å²) in [5, 5.41) is 3.31. The Balaban J connectivity index is 2.67. The molecule has 0 aromatic heterocycles. The fraction of sp³-hybridized carbons (Fsp3) is 0.455. The van der Waals surface area contributed by atoms with Crippen molar-refractivity contribution in [3.63, 3.8) is 0 Å². The topological polar surface area (TPSA) is 12.0 Å². The fourth-order valence-electron chi connectivity index (χ4n) is 1.38. The lowest BCUT2D eigenvalue weighted by molar-refractivity contribution is 0.542. The number of halogens is 1. The normalized spacial score (nSPS) is 12.8. The summed E-state index contributed by atoms with van der Waals surface area (Å²) in [7, 11) is 2.02. The lowest BCUT2D eigenvalue weighted by Gasteiger charge is -2.14. The van der Waals surface area contributed by atoms with E-state index >= 15 is 0 Å². The fourth-order valence-corrected chi connectivity index (χ4v) is 1.83. The van der Waals surface area contributed by atoms with Gasteiger partial charge >= 0.3 is 0 Å². The third-order valence-corrected chi connectivity index (χ3v) is 3.10. The van der Waals surface area contributed by atoms with Crippen molar-refractivity contribution in [3.8, 4) is 0 Å². The van der Waals surface area contributed by atoms with Crippen LogP contribution in [0.4, 0.5) is 0 Å². The second-order valence-electron chi connectivity index (χ2n) is 3.19. The predicted octanol–water partition coefficient (Wildman–Crippen LogP) is 2.99. The Morgan fingerprint density at radius 1 is 1.38 bits per heavy atom. The van der Waals surface area contributed by atoms with Crippen LogP contribution in [0.3, 0.4) is 0 Å². The number of likely N-dealkylation sites (N-methyl/N-ethyl adjacent to an activating group) is 1. The zero-order chi connectivity index (χ0) is 9.68. The van der Waals surface area contributed by atoms with Crippen LogP contribution >= 0.6 is 15.9 Å². The van der Waals surface area contributed by atoms with Crippen LogP contribution < -0.4 is 5.32 Å². The molecule has 1 aromatic carbocycles. The summed E-state index contributed by atoms with van der Waals surface area (Å²) in [6.45, 7) is 2.21. The highest BCUT2D eigenvalue weighted by Gasteiger charge is 2.06. The maximum atomic E-state index is 3.56. The third-order valence-electron chi connectivity index (χ3n) is 2.33. The Morgan fingerprint density at radius 3 is 2.62 bits per heavy atom. The molecule has 13 heavy (non-hydrogen) atoms. The standard InChI is InChI=1S/C11H16BrN/c1-3-10(13-2)8-9-6-4-5-7-11(9)12/h4-7,10,13H,3,8H2,1-2H3/t10-/m1/s1. The number of nitrogens with one attached hydrogen (secondary N) is 1. The molecule has 72 valence electrons. The van der Waals surface area contributed by atoms with Gasteiger partial charge in [0.25, 0.3) is 0 Å². The maximum Gasteiger partial charge on any atom is 0.0207 e. The lowest BCUT2D eigenvalue weighted by atomic mass is 10.0. The Morgan fingerprint density at radius 2 is 2.08 bits per heavy atom. The predicted molar refractivity (Wildman–Crippen MR) is 61.0 cm³/mol. The molecule has 0 aliphatic heterocycles. The first-order valence-electron chi connectivity index (χ1n) is 4.68. The molecule has 2 heteroatoms. The molecular weight excluding hydrogens is 226 g/mol. The summed E-state index contributed by atoms with van der Waals surface area (Å²) in [4.78, 5) is 0. The van der Waals surface area contributed by atoms with Gasteiger partial charge in [-0.3, -0.25) is 0 Å². The Kier molecular flexibility index (Phi) is 4.46. The van der Waals surface area contributed by atoms with Crippen LogP contribution in [0, 0.1) is 0 Å². The first kappa shape index (κ1) is 10.7. The van der Waals surface area contributed by atoms with E-state index in [1.54, 1.807) is 0 Å². The van der Waals surface area contributed by atoms with Gasteiger partial charge in [-0.05, 0) is 31.5 Å². The molecule has 0 radical (unpaired) electrons. The molecule has 1 rings (SSSR count). The molecule has 0 saturated heterocycles. The van der Waals surface area contributed by atoms with Crippen molar-refractivity contribution < 1.29 is 0 Å². The Hall–Kier alpha value is -0.340. The molecular formula is C11H16BrN. The van der Waals surface area contributed by atoms with E-state index in [0.29, 0.717) is 6.04 Å². The zero-order valence-electron chi connectivity index (χ0n) is 8.18. The minimum atomic E-state index is 0.582. The van der Waals surface area contributed by atoms with Crippen molar-refractivity contribution >= 4 is 15.9 Å². The lowest BCUT2D eigenvalue weighted by Crippen LogP contribution is -2.26. The van der Waals surface area contributed by atoms with Crippen LogP contribution in [0.5, 0.6) is 0 Å². The second kappa shape index (κ2) is 5.40. The molecule has 0 fully saturated rings. The van der Waals surface area contributed by atoms with E-state index in [0.717, 1.165) is 12.8 Å². The second-order valence-corrected chi connectivity index (χ2v) is 4.04. The van der Waals surface area contributed by atoms with Crippen LogP contribution in [0.1, 0.15) is 18.9 Å². The summed E-state index contributed by atoms with van der Waals surface area (Å²) in [5.74, 6) is 0. The van der Waals surface area contributed by atoms with Gasteiger partial charge in [0.05, 0.1) is 0 Å². The molecule has 0 amide bonds. The molecule has 0 aliphatic carbocycles. The van der Waals surface area contributed by atoms with Gasteiger partial charge in [-0.15, -0.1) is 0 Å². The summed E-state index contributed by atoms with van der Waals surface area (Å²) in [5.41, 5.74) is 1.38. The number of rotatable bonds is 4. The van der Waals surface area contributed by atoms with Crippen molar-refractivity contribution in [1.29, 1.82) is 0 Å². The van der Waals surface area contributed by atoms with Crippen LogP contribution in [0.2, 0.25) is 0 Å². The van der Waals surface area contributed by atoms with Gasteiger partial charge in [-0.2, -0.15) is 0 Å². The van der Waals surface area contributed by atoms with Crippen molar-refractivity contribution in [2.75, 3.05) is 7.05 Å². The molecule has 0 spiro atoms. The summed E-state index contributed by atoms with van der Waals surface area (Å²) >= 11 is 3.56. The van der Waals surface area contributed by atoms with Gasteiger partial charge in [0.1, 0.15) is 0 Å². The maximum absolute atomic E-state index is 3.56. The first-order chi connectivity index (χ1) is 6.27.